The fourth-order valence-corrected chi connectivity index (χ4v) is 3.55. The average Bonchev–Trinajstić information content (AvgIpc) is 2.66. The highest BCUT2D eigenvalue weighted by Gasteiger charge is 2.41. The van der Waals surface area contributed by atoms with Crippen molar-refractivity contribution in [1.29, 1.82) is 0 Å². The van der Waals surface area contributed by atoms with Crippen LogP contribution in [0.4, 0.5) is 5.69 Å². The number of benzene rings is 2. The number of carbonyl (C=O) groups is 2. The van der Waals surface area contributed by atoms with Gasteiger partial charge in [0.25, 0.3) is 5.91 Å². The van der Waals surface area contributed by atoms with Gasteiger partial charge in [-0.1, -0.05) is 48.5 Å². The van der Waals surface area contributed by atoms with Crippen LogP contribution >= 0.6 is 0 Å². The van der Waals surface area contributed by atoms with Crippen LogP contribution in [0.25, 0.3) is 0 Å². The third-order valence-electron chi connectivity index (χ3n) is 5.18. The number of carbonyl (C=O) groups excluding carboxylic acids is 2. The zero-order chi connectivity index (χ0) is 18.0. The molecule has 1 heterocycles. The van der Waals surface area contributed by atoms with Gasteiger partial charge < -0.3 is 5.32 Å². The molecule has 132 valence electrons. The lowest BCUT2D eigenvalue weighted by molar-refractivity contribution is -0.119. The summed E-state index contributed by atoms with van der Waals surface area (Å²) in [5.74, 6) is -0.267. The zero-order valence-electron chi connectivity index (χ0n) is 14.5. The summed E-state index contributed by atoms with van der Waals surface area (Å²) in [4.78, 5) is 25.1. The lowest BCUT2D eigenvalue weighted by atomic mass is 9.71. The van der Waals surface area contributed by atoms with Crippen molar-refractivity contribution in [3.63, 3.8) is 0 Å². The van der Waals surface area contributed by atoms with Gasteiger partial charge in [0.1, 0.15) is 5.71 Å². The Hall–Kier alpha value is -2.95. The topological polar surface area (TPSA) is 61.8 Å². The molecule has 1 aliphatic heterocycles. The van der Waals surface area contributed by atoms with Crippen molar-refractivity contribution in [2.45, 2.75) is 37.6 Å². The Kier molecular flexibility index (Phi) is 4.29. The van der Waals surface area contributed by atoms with Crippen LogP contribution in [0.3, 0.4) is 0 Å². The summed E-state index contributed by atoms with van der Waals surface area (Å²) in [5.41, 5.74) is 1.92. The minimum Gasteiger partial charge on any atom is -0.341 e. The summed E-state index contributed by atoms with van der Waals surface area (Å²) in [5, 5.41) is 8.89. The summed E-state index contributed by atoms with van der Waals surface area (Å²) >= 11 is 0. The lowest BCUT2D eigenvalue weighted by Crippen LogP contribution is -2.53. The molecule has 1 N–H and O–H groups in total. The first-order valence-electron chi connectivity index (χ1n) is 9.01. The Balaban J connectivity index is 1.57. The second-order valence-electron chi connectivity index (χ2n) is 6.84. The van der Waals surface area contributed by atoms with Gasteiger partial charge in [0.05, 0.1) is 11.2 Å². The standard InChI is InChI=1S/C21H21N3O2/c25-19-13-12-18(23-24(19)17-10-5-2-6-11-17)20(26)22-21(14-7-15-21)16-8-3-1-4-9-16/h1-6,8-11H,7,12-15H2,(H,22,26). The summed E-state index contributed by atoms with van der Waals surface area (Å²) in [7, 11) is 0. The van der Waals surface area contributed by atoms with Gasteiger partial charge in [0.15, 0.2) is 0 Å². The van der Waals surface area contributed by atoms with Gasteiger partial charge in [-0.25, -0.2) is 5.01 Å². The quantitative estimate of drug-likeness (QED) is 0.922. The Morgan fingerprint density at radius 2 is 1.62 bits per heavy atom. The highest BCUT2D eigenvalue weighted by atomic mass is 16.2. The van der Waals surface area contributed by atoms with E-state index in [1.165, 1.54) is 5.01 Å². The molecule has 0 bridgehead atoms. The van der Waals surface area contributed by atoms with Gasteiger partial charge in [-0.05, 0) is 37.0 Å². The lowest BCUT2D eigenvalue weighted by Gasteiger charge is -2.43. The number of hydrogen-bond acceptors (Lipinski definition) is 3. The molecule has 5 nitrogen and oxygen atoms in total. The molecule has 0 saturated heterocycles. The molecule has 5 heteroatoms. The van der Waals surface area contributed by atoms with Crippen LogP contribution in [0.5, 0.6) is 0 Å². The van der Waals surface area contributed by atoms with E-state index in [0.717, 1.165) is 24.8 Å². The molecular weight excluding hydrogens is 326 g/mol. The molecule has 2 aliphatic rings. The van der Waals surface area contributed by atoms with Crippen LogP contribution in [-0.2, 0) is 15.1 Å². The van der Waals surface area contributed by atoms with E-state index >= 15 is 0 Å². The Morgan fingerprint density at radius 1 is 0.962 bits per heavy atom. The predicted octanol–water partition coefficient (Wildman–Crippen LogP) is 3.37. The maximum Gasteiger partial charge on any atom is 0.268 e. The molecule has 0 spiro atoms. The van der Waals surface area contributed by atoms with Crippen molar-refractivity contribution in [1.82, 2.24) is 5.32 Å². The highest BCUT2D eigenvalue weighted by molar-refractivity contribution is 6.40. The fraction of sp³-hybridized carbons (Fsp3) is 0.286. The van der Waals surface area contributed by atoms with E-state index in [1.807, 2.05) is 48.5 Å². The minimum atomic E-state index is -0.306. The van der Waals surface area contributed by atoms with Crippen molar-refractivity contribution >= 4 is 23.2 Å². The molecule has 0 atom stereocenters. The van der Waals surface area contributed by atoms with Gasteiger partial charge in [-0.3, -0.25) is 9.59 Å². The maximum atomic E-state index is 12.9. The van der Waals surface area contributed by atoms with E-state index in [1.54, 1.807) is 0 Å². The van der Waals surface area contributed by atoms with Crippen molar-refractivity contribution in [2.75, 3.05) is 5.01 Å². The normalized spacial score (nSPS) is 18.7. The predicted molar refractivity (Wildman–Crippen MR) is 101 cm³/mol. The maximum absolute atomic E-state index is 12.9. The zero-order valence-corrected chi connectivity index (χ0v) is 14.5. The molecule has 26 heavy (non-hydrogen) atoms. The smallest absolute Gasteiger partial charge is 0.268 e. The number of anilines is 1. The number of nitrogens with zero attached hydrogens (tertiary/aromatic N) is 2. The molecule has 1 fully saturated rings. The van der Waals surface area contributed by atoms with Crippen LogP contribution in [0.15, 0.2) is 65.8 Å². The van der Waals surface area contributed by atoms with E-state index < -0.39 is 0 Å². The molecule has 2 amide bonds. The SMILES string of the molecule is O=C(NC1(c2ccccc2)CCC1)C1=NN(c2ccccc2)C(=O)CC1. The van der Waals surface area contributed by atoms with Crippen LogP contribution in [0.2, 0.25) is 0 Å². The van der Waals surface area contributed by atoms with Gasteiger partial charge in [0, 0.05) is 12.8 Å². The molecule has 0 aromatic heterocycles. The van der Waals surface area contributed by atoms with Crippen LogP contribution in [0.1, 0.15) is 37.7 Å². The molecule has 1 aliphatic carbocycles. The number of hydrazone groups is 1. The van der Waals surface area contributed by atoms with Gasteiger partial charge in [0.2, 0.25) is 5.91 Å². The summed E-state index contributed by atoms with van der Waals surface area (Å²) < 4.78 is 0. The first-order valence-corrected chi connectivity index (χ1v) is 9.01. The van der Waals surface area contributed by atoms with Gasteiger partial charge in [-0.15, -0.1) is 0 Å². The second-order valence-corrected chi connectivity index (χ2v) is 6.84. The Labute approximate surface area is 152 Å². The highest BCUT2D eigenvalue weighted by Crippen LogP contribution is 2.41. The van der Waals surface area contributed by atoms with E-state index in [2.05, 4.69) is 22.6 Å². The van der Waals surface area contributed by atoms with Crippen LogP contribution < -0.4 is 10.3 Å². The Morgan fingerprint density at radius 3 is 2.23 bits per heavy atom. The summed E-state index contributed by atoms with van der Waals surface area (Å²) in [6.07, 6.45) is 3.61. The van der Waals surface area contributed by atoms with Gasteiger partial charge >= 0.3 is 0 Å². The van der Waals surface area contributed by atoms with Crippen molar-refractivity contribution in [3.8, 4) is 0 Å². The molecular formula is C21H21N3O2. The molecule has 1 saturated carbocycles. The van der Waals surface area contributed by atoms with Crippen LogP contribution in [-0.4, -0.2) is 17.5 Å². The average molecular weight is 347 g/mol. The largest absolute Gasteiger partial charge is 0.341 e. The van der Waals surface area contributed by atoms with Crippen molar-refractivity contribution < 1.29 is 9.59 Å². The molecule has 0 radical (unpaired) electrons. The third-order valence-corrected chi connectivity index (χ3v) is 5.18. The molecule has 4 rings (SSSR count). The fourth-order valence-electron chi connectivity index (χ4n) is 3.55. The van der Waals surface area contributed by atoms with Crippen molar-refractivity contribution in [3.05, 3.63) is 66.2 Å². The number of hydrogen-bond donors (Lipinski definition) is 1. The summed E-state index contributed by atoms with van der Waals surface area (Å²) in [6, 6.07) is 19.3. The minimum absolute atomic E-state index is 0.0887. The molecule has 2 aromatic rings. The van der Waals surface area contributed by atoms with E-state index in [4.69, 9.17) is 0 Å². The van der Waals surface area contributed by atoms with Crippen LogP contribution in [0, 0.1) is 0 Å². The number of nitrogens with one attached hydrogen (secondary N) is 1. The van der Waals surface area contributed by atoms with E-state index in [9.17, 15) is 9.59 Å². The second kappa shape index (κ2) is 6.75. The first kappa shape index (κ1) is 16.5. The number of rotatable bonds is 4. The van der Waals surface area contributed by atoms with Gasteiger partial charge in [-0.2, -0.15) is 5.10 Å². The monoisotopic (exact) mass is 347 g/mol. The molecule has 0 unspecified atom stereocenters. The first-order chi connectivity index (χ1) is 12.7. The van der Waals surface area contributed by atoms with Crippen molar-refractivity contribution in [2.24, 2.45) is 5.10 Å². The molecule has 2 aromatic carbocycles. The number of amides is 2. The number of para-hydroxylation sites is 1. The Bertz CT molecular complexity index is 842. The van der Waals surface area contributed by atoms with E-state index in [0.29, 0.717) is 24.2 Å². The third kappa shape index (κ3) is 3.01. The van der Waals surface area contributed by atoms with E-state index in [-0.39, 0.29) is 17.4 Å². The summed E-state index contributed by atoms with van der Waals surface area (Å²) in [6.45, 7) is 0.